The van der Waals surface area contributed by atoms with E-state index in [0.717, 1.165) is 11.4 Å². The molecule has 12 aromatic rings. The van der Waals surface area contributed by atoms with Gasteiger partial charge in [0.2, 0.25) is 0 Å². The van der Waals surface area contributed by atoms with Gasteiger partial charge in [-0.1, -0.05) is 158 Å². The lowest BCUT2D eigenvalue weighted by Gasteiger charge is -2.42. The van der Waals surface area contributed by atoms with Crippen LogP contribution in [0.25, 0.3) is 77.2 Å². The number of hydrogen-bond acceptors (Lipinski definition) is 0. The first-order valence-corrected chi connectivity index (χ1v) is 23.2. The molecule has 3 heteroatoms. The molecule has 2 heterocycles. The van der Waals surface area contributed by atoms with E-state index in [1.54, 1.807) is 0 Å². The highest BCUT2D eigenvalue weighted by atomic mass is 32.3. The summed E-state index contributed by atoms with van der Waals surface area (Å²) in [5.74, 6) is 0. The van der Waals surface area contributed by atoms with E-state index in [1.165, 1.54) is 85.4 Å². The van der Waals surface area contributed by atoms with E-state index >= 15 is 0 Å². The van der Waals surface area contributed by atoms with Crippen LogP contribution >= 0.6 is 10.0 Å². The summed E-state index contributed by atoms with van der Waals surface area (Å²) in [6.07, 6.45) is 0. The molecule has 12 rings (SSSR count). The molecule has 63 heavy (non-hydrogen) atoms. The second kappa shape index (κ2) is 15.3. The Balaban J connectivity index is 1.13. The Hall–Kier alpha value is -7.85. The van der Waals surface area contributed by atoms with Gasteiger partial charge in [0.15, 0.2) is 0 Å². The lowest BCUT2D eigenvalue weighted by Crippen LogP contribution is -2.06. The highest BCUT2D eigenvalue weighted by molar-refractivity contribution is 8.34. The van der Waals surface area contributed by atoms with Crippen molar-refractivity contribution in [3.63, 3.8) is 0 Å². The van der Waals surface area contributed by atoms with Crippen molar-refractivity contribution in [2.24, 2.45) is 0 Å². The number of benzene rings is 10. The zero-order valence-electron chi connectivity index (χ0n) is 34.6. The lowest BCUT2D eigenvalue weighted by atomic mass is 9.98. The maximum Gasteiger partial charge on any atom is 0.0619 e. The van der Waals surface area contributed by atoms with Gasteiger partial charge < -0.3 is 9.13 Å². The summed E-state index contributed by atoms with van der Waals surface area (Å²) in [6.45, 7) is 0. The highest BCUT2D eigenvalue weighted by Crippen LogP contribution is 2.73. The average molecular weight is 823 g/mol. The van der Waals surface area contributed by atoms with E-state index in [2.05, 4.69) is 264 Å². The van der Waals surface area contributed by atoms with Crippen LogP contribution in [-0.4, -0.2) is 9.13 Å². The normalized spacial score (nSPS) is 12.1. The number of fused-ring (bicyclic) bond motifs is 6. The maximum absolute atomic E-state index is 2.49. The first kappa shape index (κ1) is 37.0. The van der Waals surface area contributed by atoms with Crippen LogP contribution in [0.3, 0.4) is 0 Å². The predicted molar refractivity (Wildman–Crippen MR) is 266 cm³/mol. The first-order chi connectivity index (χ1) is 31.3. The van der Waals surface area contributed by atoms with Crippen LogP contribution < -0.4 is 0 Å². The van der Waals surface area contributed by atoms with Gasteiger partial charge in [0.1, 0.15) is 0 Å². The van der Waals surface area contributed by atoms with Crippen LogP contribution in [-0.2, 0) is 0 Å². The van der Waals surface area contributed by atoms with E-state index in [0.29, 0.717) is 0 Å². The van der Waals surface area contributed by atoms with Gasteiger partial charge in [0.05, 0.1) is 22.1 Å². The van der Waals surface area contributed by atoms with Crippen molar-refractivity contribution >= 4 is 53.6 Å². The van der Waals surface area contributed by atoms with Gasteiger partial charge in [-0.2, -0.15) is 0 Å². The summed E-state index contributed by atoms with van der Waals surface area (Å²) in [5, 5.41) is 4.95. The smallest absolute Gasteiger partial charge is 0.0619 e. The predicted octanol–water partition coefficient (Wildman–Crippen LogP) is 16.6. The monoisotopic (exact) mass is 822 g/mol. The fourth-order valence-electron chi connectivity index (χ4n) is 9.88. The minimum absolute atomic E-state index is 1.14. The molecule has 0 saturated heterocycles. The molecule has 0 aliphatic heterocycles. The molecule has 0 aliphatic carbocycles. The zero-order valence-corrected chi connectivity index (χ0v) is 35.4. The van der Waals surface area contributed by atoms with E-state index in [9.17, 15) is 0 Å². The summed E-state index contributed by atoms with van der Waals surface area (Å²) < 4.78 is 4.92. The summed E-state index contributed by atoms with van der Waals surface area (Å²) in [4.78, 5) is 5.21. The van der Waals surface area contributed by atoms with Crippen molar-refractivity contribution in [3.8, 4) is 33.6 Å². The van der Waals surface area contributed by atoms with Gasteiger partial charge in [-0.15, -0.1) is 10.0 Å². The van der Waals surface area contributed by atoms with Gasteiger partial charge in [0.25, 0.3) is 0 Å². The van der Waals surface area contributed by atoms with Crippen LogP contribution in [0.2, 0.25) is 0 Å². The minimum Gasteiger partial charge on any atom is -0.309 e. The summed E-state index contributed by atoms with van der Waals surface area (Å²) >= 11 is 0. The molecule has 0 N–H and O–H groups in total. The molecule has 0 amide bonds. The van der Waals surface area contributed by atoms with Gasteiger partial charge >= 0.3 is 0 Å². The molecular formula is C60H42N2S. The molecule has 298 valence electrons. The molecule has 0 atom stereocenters. The Morgan fingerprint density at radius 1 is 0.254 bits per heavy atom. The van der Waals surface area contributed by atoms with Crippen LogP contribution in [0.1, 0.15) is 0 Å². The second-order valence-electron chi connectivity index (χ2n) is 16.1. The summed E-state index contributed by atoms with van der Waals surface area (Å²) in [7, 11) is -1.89. The number of aromatic nitrogens is 2. The molecule has 0 unspecified atom stereocenters. The summed E-state index contributed by atoms with van der Waals surface area (Å²) in [6, 6.07) is 93.9. The minimum atomic E-state index is -1.89. The van der Waals surface area contributed by atoms with Crippen LogP contribution in [0, 0.1) is 0 Å². The van der Waals surface area contributed by atoms with E-state index in [1.807, 2.05) is 0 Å². The Morgan fingerprint density at radius 3 is 1.35 bits per heavy atom. The van der Waals surface area contributed by atoms with Crippen molar-refractivity contribution in [2.45, 2.75) is 19.6 Å². The molecule has 0 fully saturated rings. The van der Waals surface area contributed by atoms with Gasteiger partial charge in [-0.25, -0.2) is 0 Å². The largest absolute Gasteiger partial charge is 0.309 e. The van der Waals surface area contributed by atoms with E-state index in [4.69, 9.17) is 0 Å². The average Bonchev–Trinajstić information content (AvgIpc) is 3.88. The molecule has 10 aromatic carbocycles. The molecule has 2 aromatic heterocycles. The maximum atomic E-state index is 2.49. The number of rotatable bonds is 8. The quantitative estimate of drug-likeness (QED) is 0.144. The van der Waals surface area contributed by atoms with Crippen molar-refractivity contribution < 1.29 is 0 Å². The van der Waals surface area contributed by atoms with Crippen molar-refractivity contribution in [3.05, 3.63) is 255 Å². The molecule has 0 aliphatic rings. The zero-order chi connectivity index (χ0) is 41.7. The highest BCUT2D eigenvalue weighted by Gasteiger charge is 2.33. The molecule has 2 nitrogen and oxygen atoms in total. The van der Waals surface area contributed by atoms with Gasteiger partial charge in [0, 0.05) is 58.1 Å². The first-order valence-electron chi connectivity index (χ1n) is 21.6. The Kier molecular flexibility index (Phi) is 8.95. The Labute approximate surface area is 368 Å². The Morgan fingerprint density at radius 2 is 0.714 bits per heavy atom. The van der Waals surface area contributed by atoms with Gasteiger partial charge in [-0.3, -0.25) is 0 Å². The molecule has 0 bridgehead atoms. The standard InChI is InChI=1S/C60H42N2S/c1-6-20-43(21-7-1)44-36-38-58-55(40-44)56-41-45(52-33-19-34-54-53-32-16-17-35-57(53)62(60(52)54)46-22-8-2-9-23-46)37-39-59(56)61(58)47-24-18-31-51(42-47)63(48-25-10-3-11-26-48,49-27-12-4-13-28-49)50-29-14-5-15-30-50/h1-42H. The number of nitrogens with zero attached hydrogens (tertiary/aromatic N) is 2. The molecule has 0 spiro atoms. The number of hydrogen-bond donors (Lipinski definition) is 0. The summed E-state index contributed by atoms with van der Waals surface area (Å²) in [5.41, 5.74) is 11.9. The van der Waals surface area contributed by atoms with Crippen molar-refractivity contribution in [1.29, 1.82) is 0 Å². The Bertz CT molecular complexity index is 3500. The van der Waals surface area contributed by atoms with E-state index in [-0.39, 0.29) is 0 Å². The van der Waals surface area contributed by atoms with Crippen LogP contribution in [0.4, 0.5) is 0 Å². The fraction of sp³-hybridized carbons (Fsp3) is 0. The fourth-order valence-corrected chi connectivity index (χ4v) is 13.8. The second-order valence-corrected chi connectivity index (χ2v) is 19.2. The third kappa shape index (κ3) is 5.96. The lowest BCUT2D eigenvalue weighted by molar-refractivity contribution is 1.15. The SMILES string of the molecule is c1ccc(-c2ccc3c(c2)c2cc(-c4cccc5c6ccccc6n(-c6ccccc6)c45)ccc2n3-c2cccc(S(c3ccccc3)(c3ccccc3)c3ccccc3)c2)cc1. The topological polar surface area (TPSA) is 9.86 Å². The van der Waals surface area contributed by atoms with Crippen LogP contribution in [0.15, 0.2) is 274 Å². The van der Waals surface area contributed by atoms with Crippen LogP contribution in [0.5, 0.6) is 0 Å². The number of para-hydroxylation sites is 3. The third-order valence-corrected chi connectivity index (χ3v) is 16.5. The van der Waals surface area contributed by atoms with Crippen molar-refractivity contribution in [2.75, 3.05) is 0 Å². The third-order valence-electron chi connectivity index (χ3n) is 12.6. The van der Waals surface area contributed by atoms with Crippen molar-refractivity contribution in [1.82, 2.24) is 9.13 Å². The molecule has 0 saturated carbocycles. The molecular weight excluding hydrogens is 781 g/mol. The van der Waals surface area contributed by atoms with Gasteiger partial charge in [-0.05, 0) is 114 Å². The molecule has 0 radical (unpaired) electrons. The van der Waals surface area contributed by atoms with E-state index < -0.39 is 10.0 Å².